The third-order valence-electron chi connectivity index (χ3n) is 2.78. The summed E-state index contributed by atoms with van der Waals surface area (Å²) in [6, 6.07) is 4.85. The van der Waals surface area contributed by atoms with Gasteiger partial charge in [-0.25, -0.2) is 0 Å². The van der Waals surface area contributed by atoms with E-state index < -0.39 is 0 Å². The number of carbonyl (C=O) groups is 1. The van der Waals surface area contributed by atoms with E-state index in [1.807, 2.05) is 6.92 Å². The minimum Gasteiger partial charge on any atom is -0.468 e. The summed E-state index contributed by atoms with van der Waals surface area (Å²) in [6.07, 6.45) is 1.56. The zero-order valence-electron chi connectivity index (χ0n) is 10.1. The van der Waals surface area contributed by atoms with Crippen molar-refractivity contribution in [1.82, 2.24) is 4.57 Å². The minimum absolute atomic E-state index is 0.0483. The van der Waals surface area contributed by atoms with Crippen molar-refractivity contribution in [1.29, 1.82) is 0 Å². The van der Waals surface area contributed by atoms with E-state index in [1.54, 1.807) is 22.9 Å². The second kappa shape index (κ2) is 4.82. The number of aromatic nitrogens is 1. The Morgan fingerprint density at radius 3 is 2.83 bits per heavy atom. The molecule has 0 atom stereocenters. The van der Waals surface area contributed by atoms with Gasteiger partial charge in [0.05, 0.1) is 12.6 Å². The molecule has 0 fully saturated rings. The molecule has 0 amide bonds. The maximum atomic E-state index is 11.8. The van der Waals surface area contributed by atoms with Gasteiger partial charge in [-0.2, -0.15) is 0 Å². The lowest BCUT2D eigenvalue weighted by Crippen LogP contribution is -2.15. The summed E-state index contributed by atoms with van der Waals surface area (Å²) >= 11 is 6.05. The van der Waals surface area contributed by atoms with Gasteiger partial charge in [-0.1, -0.05) is 11.6 Å². The van der Waals surface area contributed by atoms with E-state index in [9.17, 15) is 9.59 Å². The number of rotatable bonds is 2. The second-order valence-corrected chi connectivity index (χ2v) is 4.41. The monoisotopic (exact) mass is 265 g/mol. The van der Waals surface area contributed by atoms with Crippen molar-refractivity contribution in [3.63, 3.8) is 0 Å². The first-order valence-corrected chi connectivity index (χ1v) is 5.77. The fraction of sp³-hybridized carbons (Fsp3) is 0.231. The number of carbonyl (C=O) groups excluding carboxylic acids is 1. The molecule has 0 saturated heterocycles. The zero-order valence-corrected chi connectivity index (χ0v) is 10.8. The van der Waals surface area contributed by atoms with Crippen molar-refractivity contribution in [2.75, 3.05) is 7.11 Å². The van der Waals surface area contributed by atoms with Gasteiger partial charge in [-0.3, -0.25) is 9.59 Å². The molecule has 0 N–H and O–H groups in total. The van der Waals surface area contributed by atoms with E-state index >= 15 is 0 Å². The average Bonchev–Trinajstić information content (AvgIpc) is 2.35. The van der Waals surface area contributed by atoms with Crippen LogP contribution in [-0.4, -0.2) is 17.6 Å². The Morgan fingerprint density at radius 1 is 1.44 bits per heavy atom. The Balaban J connectivity index is 2.69. The Bertz CT molecular complexity index is 676. The molecule has 0 radical (unpaired) electrons. The lowest BCUT2D eigenvalue weighted by atomic mass is 10.1. The predicted molar refractivity (Wildman–Crippen MR) is 70.0 cm³/mol. The SMILES string of the molecule is COC(=O)Cn1ccc(=O)c2cc(C)c(Cl)cc21. The van der Waals surface area contributed by atoms with Crippen LogP contribution >= 0.6 is 11.6 Å². The molecule has 0 aliphatic carbocycles. The van der Waals surface area contributed by atoms with Crippen LogP contribution in [0.4, 0.5) is 0 Å². The van der Waals surface area contributed by atoms with Gasteiger partial charge in [-0.15, -0.1) is 0 Å². The van der Waals surface area contributed by atoms with E-state index in [0.717, 1.165) is 5.56 Å². The lowest BCUT2D eigenvalue weighted by Gasteiger charge is -2.10. The number of fused-ring (bicyclic) bond motifs is 1. The van der Waals surface area contributed by atoms with E-state index in [4.69, 9.17) is 11.6 Å². The highest BCUT2D eigenvalue weighted by molar-refractivity contribution is 6.32. The molecule has 4 nitrogen and oxygen atoms in total. The van der Waals surface area contributed by atoms with E-state index in [0.29, 0.717) is 15.9 Å². The maximum Gasteiger partial charge on any atom is 0.325 e. The summed E-state index contributed by atoms with van der Waals surface area (Å²) in [6.45, 7) is 1.88. The quantitative estimate of drug-likeness (QED) is 0.782. The molecule has 18 heavy (non-hydrogen) atoms. The normalized spacial score (nSPS) is 10.6. The van der Waals surface area contributed by atoms with Crippen molar-refractivity contribution in [3.8, 4) is 0 Å². The van der Waals surface area contributed by atoms with Crippen molar-refractivity contribution >= 4 is 28.5 Å². The molecule has 1 heterocycles. The zero-order chi connectivity index (χ0) is 13.3. The smallest absolute Gasteiger partial charge is 0.325 e. The van der Waals surface area contributed by atoms with E-state index in [2.05, 4.69) is 4.74 Å². The fourth-order valence-electron chi connectivity index (χ4n) is 1.78. The molecule has 5 heteroatoms. The highest BCUT2D eigenvalue weighted by Crippen LogP contribution is 2.21. The summed E-state index contributed by atoms with van der Waals surface area (Å²) in [7, 11) is 1.32. The van der Waals surface area contributed by atoms with Gasteiger partial charge in [0.15, 0.2) is 5.43 Å². The first kappa shape index (κ1) is 12.6. The Hall–Kier alpha value is -1.81. The Kier molecular flexibility index (Phi) is 3.39. The minimum atomic E-state index is -0.378. The molecule has 94 valence electrons. The number of ether oxygens (including phenoxy) is 1. The summed E-state index contributed by atoms with van der Waals surface area (Å²) in [5.74, 6) is -0.378. The molecule has 2 rings (SSSR count). The van der Waals surface area contributed by atoms with Gasteiger partial charge in [0.2, 0.25) is 0 Å². The molecule has 2 aromatic rings. The largest absolute Gasteiger partial charge is 0.468 e. The number of hydrogen-bond acceptors (Lipinski definition) is 3. The highest BCUT2D eigenvalue weighted by atomic mass is 35.5. The van der Waals surface area contributed by atoms with E-state index in [1.165, 1.54) is 13.2 Å². The van der Waals surface area contributed by atoms with Crippen LogP contribution in [0.5, 0.6) is 0 Å². The van der Waals surface area contributed by atoms with Gasteiger partial charge in [-0.05, 0) is 24.6 Å². The van der Waals surface area contributed by atoms with Gasteiger partial charge < -0.3 is 9.30 Å². The van der Waals surface area contributed by atoms with Crippen LogP contribution in [0, 0.1) is 6.92 Å². The molecule has 0 spiro atoms. The van der Waals surface area contributed by atoms with Crippen molar-refractivity contribution in [2.45, 2.75) is 13.5 Å². The summed E-state index contributed by atoms with van der Waals surface area (Å²) < 4.78 is 6.26. The van der Waals surface area contributed by atoms with Gasteiger partial charge in [0, 0.05) is 22.7 Å². The maximum absolute atomic E-state index is 11.8. The van der Waals surface area contributed by atoms with Crippen LogP contribution in [0.1, 0.15) is 5.56 Å². The lowest BCUT2D eigenvalue weighted by molar-refractivity contribution is -0.141. The van der Waals surface area contributed by atoms with Crippen LogP contribution in [0.15, 0.2) is 29.2 Å². The highest BCUT2D eigenvalue weighted by Gasteiger charge is 2.09. The van der Waals surface area contributed by atoms with Gasteiger partial charge in [0.1, 0.15) is 6.54 Å². The Morgan fingerprint density at radius 2 is 2.17 bits per heavy atom. The summed E-state index contributed by atoms with van der Waals surface area (Å²) in [4.78, 5) is 23.1. The second-order valence-electron chi connectivity index (χ2n) is 4.00. The van der Waals surface area contributed by atoms with Crippen LogP contribution in [0.2, 0.25) is 5.02 Å². The number of aryl methyl sites for hydroxylation is 1. The van der Waals surface area contributed by atoms with Gasteiger partial charge in [0.25, 0.3) is 0 Å². The number of esters is 1. The topological polar surface area (TPSA) is 48.3 Å². The first-order chi connectivity index (χ1) is 8.52. The number of hydrogen-bond donors (Lipinski definition) is 0. The van der Waals surface area contributed by atoms with Crippen molar-refractivity contribution < 1.29 is 9.53 Å². The molecule has 0 saturated carbocycles. The molecular formula is C13H12ClNO3. The third-order valence-corrected chi connectivity index (χ3v) is 3.19. The molecule has 0 bridgehead atoms. The molecule has 0 aliphatic heterocycles. The summed E-state index contributed by atoms with van der Waals surface area (Å²) in [5.41, 5.74) is 1.37. The van der Waals surface area contributed by atoms with Crippen molar-refractivity contribution in [2.24, 2.45) is 0 Å². The number of methoxy groups -OCH3 is 1. The Labute approximate surface area is 109 Å². The predicted octanol–water partition coefficient (Wildman–Crippen LogP) is 2.14. The van der Waals surface area contributed by atoms with Crippen LogP contribution in [-0.2, 0) is 16.1 Å². The molecule has 1 aromatic heterocycles. The van der Waals surface area contributed by atoms with Gasteiger partial charge >= 0.3 is 5.97 Å². The van der Waals surface area contributed by atoms with Crippen LogP contribution in [0.25, 0.3) is 10.9 Å². The third kappa shape index (κ3) is 2.24. The molecular weight excluding hydrogens is 254 g/mol. The molecule has 0 unspecified atom stereocenters. The number of halogens is 1. The molecule has 1 aromatic carbocycles. The van der Waals surface area contributed by atoms with Crippen LogP contribution < -0.4 is 5.43 Å². The first-order valence-electron chi connectivity index (χ1n) is 5.39. The standard InChI is InChI=1S/C13H12ClNO3/c1-8-5-9-11(6-10(8)14)15(4-3-12(9)16)7-13(17)18-2/h3-6H,7H2,1-2H3. The van der Waals surface area contributed by atoms with Crippen LogP contribution in [0.3, 0.4) is 0 Å². The number of nitrogens with zero attached hydrogens (tertiary/aromatic N) is 1. The average molecular weight is 266 g/mol. The fourth-order valence-corrected chi connectivity index (χ4v) is 1.93. The number of benzene rings is 1. The molecule has 0 aliphatic rings. The summed E-state index contributed by atoms with van der Waals surface area (Å²) in [5, 5.41) is 1.11. The number of pyridine rings is 1. The van der Waals surface area contributed by atoms with E-state index in [-0.39, 0.29) is 17.9 Å². The van der Waals surface area contributed by atoms with Crippen molar-refractivity contribution in [3.05, 3.63) is 45.2 Å².